The molecule has 0 saturated carbocycles. The van der Waals surface area contributed by atoms with Crippen molar-refractivity contribution in [1.29, 1.82) is 0 Å². The van der Waals surface area contributed by atoms with Crippen molar-refractivity contribution in [3.8, 4) is 11.5 Å². The molecule has 0 fully saturated rings. The minimum absolute atomic E-state index is 0.0780. The zero-order valence-electron chi connectivity index (χ0n) is 20.1. The molecule has 10 nitrogen and oxygen atoms in total. The van der Waals surface area contributed by atoms with E-state index in [9.17, 15) is 14.4 Å². The van der Waals surface area contributed by atoms with Gasteiger partial charge in [-0.1, -0.05) is 60.7 Å². The number of aromatic nitrogens is 1. The normalized spacial score (nSPS) is 11.0. The number of amides is 2. The summed E-state index contributed by atoms with van der Waals surface area (Å²) in [7, 11) is 1.35. The van der Waals surface area contributed by atoms with Gasteiger partial charge in [0, 0.05) is 23.4 Å². The fraction of sp³-hybridized carbons (Fsp3) is 0.192. The standard InChI is InChI=1S/C26H26N4O6/c1-4-35-26(33)36-23-20(34-3)15-16-27-22(23)25(32)28-17(2)24(31)30-29-21(18-11-7-5-8-12-18)19-13-9-6-10-14-19/h5-17H,4H2,1-3H3,(H,28,32)(H,30,31)/t17-/m0/s1. The molecule has 2 N–H and O–H groups in total. The molecule has 1 heterocycles. The summed E-state index contributed by atoms with van der Waals surface area (Å²) in [5, 5.41) is 6.84. The van der Waals surface area contributed by atoms with Crippen LogP contribution in [0.1, 0.15) is 35.5 Å². The summed E-state index contributed by atoms with van der Waals surface area (Å²) in [6.45, 7) is 3.17. The quantitative estimate of drug-likeness (QED) is 0.268. The average molecular weight is 491 g/mol. The van der Waals surface area contributed by atoms with E-state index in [4.69, 9.17) is 14.2 Å². The Morgan fingerprint density at radius 2 is 1.58 bits per heavy atom. The molecule has 10 heteroatoms. The monoisotopic (exact) mass is 490 g/mol. The van der Waals surface area contributed by atoms with Crippen LogP contribution in [0, 0.1) is 0 Å². The third-order valence-electron chi connectivity index (χ3n) is 4.86. The summed E-state index contributed by atoms with van der Waals surface area (Å²) in [6.07, 6.45) is 0.291. The minimum Gasteiger partial charge on any atom is -0.493 e. The van der Waals surface area contributed by atoms with Crippen molar-refractivity contribution in [1.82, 2.24) is 15.7 Å². The third kappa shape index (κ3) is 6.66. The highest BCUT2D eigenvalue weighted by Crippen LogP contribution is 2.30. The van der Waals surface area contributed by atoms with Gasteiger partial charge in [0.05, 0.1) is 19.4 Å². The first-order valence-electron chi connectivity index (χ1n) is 11.1. The van der Waals surface area contributed by atoms with Crippen LogP contribution in [-0.4, -0.2) is 48.4 Å². The van der Waals surface area contributed by atoms with Crippen LogP contribution in [0.4, 0.5) is 4.79 Å². The number of carbonyl (C=O) groups excluding carboxylic acids is 3. The number of hydrazone groups is 1. The molecule has 0 aliphatic rings. The summed E-state index contributed by atoms with van der Waals surface area (Å²) < 4.78 is 15.1. The molecule has 2 amide bonds. The van der Waals surface area contributed by atoms with Crippen LogP contribution < -0.4 is 20.2 Å². The first kappa shape index (κ1) is 25.9. The maximum absolute atomic E-state index is 12.9. The molecule has 2 aromatic carbocycles. The zero-order valence-corrected chi connectivity index (χ0v) is 20.1. The predicted molar refractivity (Wildman–Crippen MR) is 132 cm³/mol. The van der Waals surface area contributed by atoms with Crippen molar-refractivity contribution < 1.29 is 28.6 Å². The lowest BCUT2D eigenvalue weighted by Gasteiger charge is -2.15. The molecule has 0 saturated heterocycles. The molecule has 1 atom stereocenters. The summed E-state index contributed by atoms with van der Waals surface area (Å²) >= 11 is 0. The van der Waals surface area contributed by atoms with E-state index in [2.05, 4.69) is 20.8 Å². The Hall–Kier alpha value is -4.73. The molecule has 1 aromatic heterocycles. The molecule has 0 unspecified atom stereocenters. The number of ether oxygens (including phenoxy) is 3. The molecule has 0 bridgehead atoms. The van der Waals surface area contributed by atoms with Gasteiger partial charge in [0.1, 0.15) is 6.04 Å². The summed E-state index contributed by atoms with van der Waals surface area (Å²) in [6, 6.07) is 19.2. The van der Waals surface area contributed by atoms with Gasteiger partial charge in [-0.15, -0.1) is 0 Å². The first-order chi connectivity index (χ1) is 17.4. The number of nitrogens with zero attached hydrogens (tertiary/aromatic N) is 2. The Bertz CT molecular complexity index is 1190. The Morgan fingerprint density at radius 1 is 0.972 bits per heavy atom. The van der Waals surface area contributed by atoms with E-state index < -0.39 is 24.0 Å². The van der Waals surface area contributed by atoms with Crippen molar-refractivity contribution in [3.63, 3.8) is 0 Å². The molecule has 3 rings (SSSR count). The van der Waals surface area contributed by atoms with Gasteiger partial charge in [-0.05, 0) is 13.8 Å². The maximum atomic E-state index is 12.9. The average Bonchev–Trinajstić information content (AvgIpc) is 2.90. The molecule has 36 heavy (non-hydrogen) atoms. The topological polar surface area (TPSA) is 128 Å². The van der Waals surface area contributed by atoms with Gasteiger partial charge in [-0.25, -0.2) is 15.2 Å². The lowest BCUT2D eigenvalue weighted by atomic mass is 10.0. The highest BCUT2D eigenvalue weighted by atomic mass is 16.7. The molecule has 0 radical (unpaired) electrons. The molecular formula is C26H26N4O6. The van der Waals surface area contributed by atoms with Crippen LogP contribution in [0.3, 0.4) is 0 Å². The largest absolute Gasteiger partial charge is 0.514 e. The first-order valence-corrected chi connectivity index (χ1v) is 11.1. The van der Waals surface area contributed by atoms with E-state index in [-0.39, 0.29) is 23.8 Å². The SMILES string of the molecule is CCOC(=O)Oc1c(OC)ccnc1C(=O)N[C@@H](C)C(=O)NN=C(c1ccccc1)c1ccccc1. The van der Waals surface area contributed by atoms with E-state index in [1.165, 1.54) is 26.3 Å². The number of benzene rings is 2. The van der Waals surface area contributed by atoms with Crippen LogP contribution in [0.2, 0.25) is 0 Å². The Labute approximate surface area is 208 Å². The molecule has 186 valence electrons. The van der Waals surface area contributed by atoms with Gasteiger partial charge in [0.15, 0.2) is 11.4 Å². The third-order valence-corrected chi connectivity index (χ3v) is 4.86. The number of carbonyl (C=O) groups is 3. The van der Waals surface area contributed by atoms with Crippen molar-refractivity contribution >= 4 is 23.7 Å². The molecular weight excluding hydrogens is 464 g/mol. The number of pyridine rings is 1. The number of hydrogen-bond donors (Lipinski definition) is 2. The molecule has 0 spiro atoms. The van der Waals surface area contributed by atoms with Crippen LogP contribution in [0.15, 0.2) is 78.0 Å². The van der Waals surface area contributed by atoms with Crippen molar-refractivity contribution in [2.45, 2.75) is 19.9 Å². The lowest BCUT2D eigenvalue weighted by Crippen LogP contribution is -2.44. The van der Waals surface area contributed by atoms with Crippen LogP contribution in [0.25, 0.3) is 0 Å². The number of nitrogens with one attached hydrogen (secondary N) is 2. The second-order valence-corrected chi connectivity index (χ2v) is 7.34. The van der Waals surface area contributed by atoms with Crippen molar-refractivity contribution in [2.75, 3.05) is 13.7 Å². The Balaban J connectivity index is 1.77. The second-order valence-electron chi connectivity index (χ2n) is 7.34. The maximum Gasteiger partial charge on any atom is 0.514 e. The highest BCUT2D eigenvalue weighted by molar-refractivity contribution is 6.13. The number of hydrogen-bond acceptors (Lipinski definition) is 8. The lowest BCUT2D eigenvalue weighted by molar-refractivity contribution is -0.122. The molecule has 0 aliphatic heterocycles. The van der Waals surface area contributed by atoms with E-state index in [0.29, 0.717) is 5.71 Å². The van der Waals surface area contributed by atoms with Crippen LogP contribution in [0.5, 0.6) is 11.5 Å². The van der Waals surface area contributed by atoms with Gasteiger partial charge >= 0.3 is 6.16 Å². The minimum atomic E-state index is -1.02. The predicted octanol–water partition coefficient (Wildman–Crippen LogP) is 3.31. The van der Waals surface area contributed by atoms with Crippen molar-refractivity contribution in [2.24, 2.45) is 5.10 Å². The van der Waals surface area contributed by atoms with Gasteiger partial charge in [-0.3, -0.25) is 9.59 Å². The Morgan fingerprint density at radius 3 is 2.14 bits per heavy atom. The molecule has 0 aliphatic carbocycles. The summed E-state index contributed by atoms with van der Waals surface area (Å²) in [5.74, 6) is -1.45. The van der Waals surface area contributed by atoms with E-state index >= 15 is 0 Å². The molecule has 3 aromatic rings. The smallest absolute Gasteiger partial charge is 0.493 e. The summed E-state index contributed by atoms with van der Waals surface area (Å²) in [5.41, 5.74) is 4.43. The second kappa shape index (κ2) is 12.7. The van der Waals surface area contributed by atoms with Crippen LogP contribution >= 0.6 is 0 Å². The van der Waals surface area contributed by atoms with E-state index in [0.717, 1.165) is 11.1 Å². The van der Waals surface area contributed by atoms with Gasteiger partial charge < -0.3 is 19.5 Å². The van der Waals surface area contributed by atoms with E-state index in [1.54, 1.807) is 6.92 Å². The van der Waals surface area contributed by atoms with Crippen LogP contribution in [-0.2, 0) is 9.53 Å². The fourth-order valence-corrected chi connectivity index (χ4v) is 3.11. The zero-order chi connectivity index (χ0) is 25.9. The highest BCUT2D eigenvalue weighted by Gasteiger charge is 2.25. The Kier molecular flexibility index (Phi) is 9.10. The van der Waals surface area contributed by atoms with Gasteiger partial charge in [0.25, 0.3) is 11.8 Å². The fourth-order valence-electron chi connectivity index (χ4n) is 3.11. The number of methoxy groups -OCH3 is 1. The van der Waals surface area contributed by atoms with Gasteiger partial charge in [-0.2, -0.15) is 5.10 Å². The van der Waals surface area contributed by atoms with E-state index in [1.807, 2.05) is 60.7 Å². The summed E-state index contributed by atoms with van der Waals surface area (Å²) in [4.78, 5) is 41.5. The van der Waals surface area contributed by atoms with Gasteiger partial charge in [0.2, 0.25) is 5.75 Å². The number of rotatable bonds is 9. The van der Waals surface area contributed by atoms with Crippen molar-refractivity contribution in [3.05, 3.63) is 89.7 Å².